The number of carbonyl (C=O) groups excluding carboxylic acids is 1. The molecular formula is C15H18N4O2. The van der Waals surface area contributed by atoms with Crippen LogP contribution in [0.3, 0.4) is 0 Å². The predicted molar refractivity (Wildman–Crippen MR) is 81.4 cm³/mol. The molecule has 0 aliphatic rings. The molecule has 3 N–H and O–H groups in total. The van der Waals surface area contributed by atoms with E-state index in [9.17, 15) is 9.59 Å². The summed E-state index contributed by atoms with van der Waals surface area (Å²) in [4.78, 5) is 22.5. The van der Waals surface area contributed by atoms with E-state index >= 15 is 0 Å². The van der Waals surface area contributed by atoms with Crippen LogP contribution in [0.4, 0.5) is 0 Å². The zero-order valence-electron chi connectivity index (χ0n) is 12.0. The molecule has 0 aliphatic carbocycles. The van der Waals surface area contributed by atoms with Crippen molar-refractivity contribution in [1.82, 2.24) is 15.6 Å². The van der Waals surface area contributed by atoms with Crippen LogP contribution >= 0.6 is 0 Å². The molecule has 1 amide bonds. The molecule has 6 nitrogen and oxygen atoms in total. The third kappa shape index (κ3) is 4.45. The van der Waals surface area contributed by atoms with Gasteiger partial charge in [0, 0.05) is 11.8 Å². The zero-order chi connectivity index (χ0) is 15.2. The van der Waals surface area contributed by atoms with E-state index < -0.39 is 0 Å². The number of rotatable bonds is 5. The van der Waals surface area contributed by atoms with Gasteiger partial charge in [0.05, 0.1) is 12.6 Å². The summed E-state index contributed by atoms with van der Waals surface area (Å²) in [6.45, 7) is 4.27. The maximum absolute atomic E-state index is 11.6. The normalized spacial score (nSPS) is 11.2. The third-order valence-corrected chi connectivity index (χ3v) is 3.01. The topological polar surface area (TPSA) is 90.1 Å². The molecule has 1 aromatic heterocycles. The number of benzene rings is 1. The van der Waals surface area contributed by atoms with E-state index in [4.69, 9.17) is 0 Å². The summed E-state index contributed by atoms with van der Waals surface area (Å²) in [5.74, 6) is 0.194. The molecule has 110 valence electrons. The van der Waals surface area contributed by atoms with Crippen molar-refractivity contribution < 1.29 is 4.79 Å². The summed E-state index contributed by atoms with van der Waals surface area (Å²) in [7, 11) is 0. The van der Waals surface area contributed by atoms with Crippen LogP contribution in [0.15, 0.2) is 40.2 Å². The first-order valence-corrected chi connectivity index (χ1v) is 6.73. The highest BCUT2D eigenvalue weighted by molar-refractivity contribution is 5.83. The van der Waals surface area contributed by atoms with Crippen molar-refractivity contribution >= 4 is 12.1 Å². The maximum Gasteiger partial charge on any atom is 0.264 e. The van der Waals surface area contributed by atoms with Gasteiger partial charge in [0.1, 0.15) is 0 Å². The van der Waals surface area contributed by atoms with E-state index in [0.29, 0.717) is 11.6 Å². The number of hydrazone groups is 1. The number of aromatic amines is 2. The van der Waals surface area contributed by atoms with Crippen molar-refractivity contribution in [2.24, 2.45) is 5.10 Å². The van der Waals surface area contributed by atoms with Gasteiger partial charge in [-0.2, -0.15) is 5.10 Å². The number of nitrogens with one attached hydrogen (secondary N) is 3. The van der Waals surface area contributed by atoms with Gasteiger partial charge in [-0.05, 0) is 17.0 Å². The fourth-order valence-electron chi connectivity index (χ4n) is 1.83. The SMILES string of the molecule is CC(C)c1ccc(C=NNC(=O)Cc2cc(=O)[nH][nH]2)cc1. The number of hydrogen-bond acceptors (Lipinski definition) is 3. The van der Waals surface area contributed by atoms with Gasteiger partial charge in [-0.15, -0.1) is 0 Å². The number of nitrogens with zero attached hydrogens (tertiary/aromatic N) is 1. The van der Waals surface area contributed by atoms with Gasteiger partial charge in [-0.1, -0.05) is 38.1 Å². The second kappa shape index (κ2) is 6.69. The first-order valence-electron chi connectivity index (χ1n) is 6.73. The van der Waals surface area contributed by atoms with Crippen LogP contribution in [0.1, 0.15) is 36.6 Å². The van der Waals surface area contributed by atoms with E-state index in [1.165, 1.54) is 11.6 Å². The second-order valence-electron chi connectivity index (χ2n) is 5.08. The standard InChI is InChI=1S/C15H18N4O2/c1-10(2)12-5-3-11(4-6-12)9-16-18-14(20)7-13-8-15(21)19-17-13/h3-6,8-10H,7H2,1-2H3,(H,18,20)(H2,17,19,21). The summed E-state index contributed by atoms with van der Waals surface area (Å²) in [5.41, 5.74) is 4.85. The Kier molecular flexibility index (Phi) is 4.71. The molecular weight excluding hydrogens is 268 g/mol. The first kappa shape index (κ1) is 14.8. The maximum atomic E-state index is 11.6. The van der Waals surface area contributed by atoms with Gasteiger partial charge in [0.25, 0.3) is 5.56 Å². The highest BCUT2D eigenvalue weighted by atomic mass is 16.2. The summed E-state index contributed by atoms with van der Waals surface area (Å²) in [6, 6.07) is 9.33. The molecule has 0 unspecified atom stereocenters. The van der Waals surface area contributed by atoms with Gasteiger partial charge >= 0.3 is 0 Å². The average molecular weight is 286 g/mol. The molecule has 0 aliphatic heterocycles. The highest BCUT2D eigenvalue weighted by Crippen LogP contribution is 2.13. The van der Waals surface area contributed by atoms with Crippen LogP contribution in [0, 0.1) is 0 Å². The van der Waals surface area contributed by atoms with Crippen molar-refractivity contribution in [2.75, 3.05) is 0 Å². The van der Waals surface area contributed by atoms with Crippen molar-refractivity contribution in [3.8, 4) is 0 Å². The minimum absolute atomic E-state index is 0.0718. The molecule has 21 heavy (non-hydrogen) atoms. The van der Waals surface area contributed by atoms with Crippen molar-refractivity contribution in [2.45, 2.75) is 26.2 Å². The van der Waals surface area contributed by atoms with Gasteiger partial charge < -0.3 is 5.10 Å². The Morgan fingerprint density at radius 1 is 1.29 bits per heavy atom. The Hall–Kier alpha value is -2.63. The summed E-state index contributed by atoms with van der Waals surface area (Å²) >= 11 is 0. The Labute approximate surface area is 122 Å². The minimum atomic E-state index is -0.291. The lowest BCUT2D eigenvalue weighted by atomic mass is 10.0. The van der Waals surface area contributed by atoms with Gasteiger partial charge in [0.2, 0.25) is 5.91 Å². The predicted octanol–water partition coefficient (Wildman–Crippen LogP) is 1.52. The third-order valence-electron chi connectivity index (χ3n) is 3.01. The van der Waals surface area contributed by atoms with Gasteiger partial charge in [-0.3, -0.25) is 14.7 Å². The zero-order valence-corrected chi connectivity index (χ0v) is 12.0. The van der Waals surface area contributed by atoms with Crippen molar-refractivity contribution in [3.63, 3.8) is 0 Å². The molecule has 6 heteroatoms. The fourth-order valence-corrected chi connectivity index (χ4v) is 1.83. The van der Waals surface area contributed by atoms with E-state index in [1.807, 2.05) is 24.3 Å². The number of amides is 1. The van der Waals surface area contributed by atoms with E-state index in [-0.39, 0.29) is 17.9 Å². The van der Waals surface area contributed by atoms with Gasteiger partial charge in [-0.25, -0.2) is 5.43 Å². The Morgan fingerprint density at radius 2 is 2.00 bits per heavy atom. The van der Waals surface area contributed by atoms with Gasteiger partial charge in [0.15, 0.2) is 0 Å². The lowest BCUT2D eigenvalue weighted by Crippen LogP contribution is -2.20. The van der Waals surface area contributed by atoms with E-state index in [2.05, 4.69) is 34.6 Å². The van der Waals surface area contributed by atoms with Crippen LogP contribution in [0.2, 0.25) is 0 Å². The van der Waals surface area contributed by atoms with Crippen LogP contribution in [-0.2, 0) is 11.2 Å². The largest absolute Gasteiger partial charge is 0.302 e. The average Bonchev–Trinajstić information content (AvgIpc) is 2.84. The molecule has 1 aromatic carbocycles. The van der Waals surface area contributed by atoms with E-state index in [1.54, 1.807) is 6.21 Å². The Balaban J connectivity index is 1.86. The summed E-state index contributed by atoms with van der Waals surface area (Å²) in [5, 5.41) is 8.87. The number of hydrogen-bond donors (Lipinski definition) is 3. The second-order valence-corrected chi connectivity index (χ2v) is 5.08. The summed E-state index contributed by atoms with van der Waals surface area (Å²) in [6.07, 6.45) is 1.66. The fraction of sp³-hybridized carbons (Fsp3) is 0.267. The van der Waals surface area contributed by atoms with E-state index in [0.717, 1.165) is 5.56 Å². The first-order chi connectivity index (χ1) is 10.0. The molecule has 0 spiro atoms. The monoisotopic (exact) mass is 286 g/mol. The van der Waals surface area contributed by atoms with Crippen LogP contribution in [-0.4, -0.2) is 22.3 Å². The number of carbonyl (C=O) groups is 1. The molecule has 0 atom stereocenters. The molecule has 0 fully saturated rings. The Morgan fingerprint density at radius 3 is 2.57 bits per heavy atom. The quantitative estimate of drug-likeness (QED) is 0.574. The Bertz CT molecular complexity index is 680. The molecule has 0 bridgehead atoms. The molecule has 2 rings (SSSR count). The van der Waals surface area contributed by atoms with Crippen LogP contribution < -0.4 is 11.0 Å². The highest BCUT2D eigenvalue weighted by Gasteiger charge is 2.03. The smallest absolute Gasteiger partial charge is 0.264 e. The number of aromatic nitrogens is 2. The molecule has 0 saturated carbocycles. The minimum Gasteiger partial charge on any atom is -0.302 e. The molecule has 0 radical (unpaired) electrons. The molecule has 0 saturated heterocycles. The van der Waals surface area contributed by atoms with Crippen LogP contribution in [0.25, 0.3) is 0 Å². The van der Waals surface area contributed by atoms with Crippen molar-refractivity contribution in [1.29, 1.82) is 0 Å². The molecule has 2 aromatic rings. The lowest BCUT2D eigenvalue weighted by molar-refractivity contribution is -0.120. The van der Waals surface area contributed by atoms with Crippen molar-refractivity contribution in [3.05, 3.63) is 57.5 Å². The van der Waals surface area contributed by atoms with Crippen LogP contribution in [0.5, 0.6) is 0 Å². The lowest BCUT2D eigenvalue weighted by Gasteiger charge is -2.04. The summed E-state index contributed by atoms with van der Waals surface area (Å²) < 4.78 is 0. The molecule has 1 heterocycles. The number of H-pyrrole nitrogens is 2.